The fraction of sp³-hybridized carbons (Fsp3) is 0.750. The van der Waals surface area contributed by atoms with Gasteiger partial charge in [-0.3, -0.25) is 0 Å². The van der Waals surface area contributed by atoms with E-state index in [1.807, 2.05) is 11.3 Å². The van der Waals surface area contributed by atoms with Gasteiger partial charge in [0.15, 0.2) is 0 Å². The summed E-state index contributed by atoms with van der Waals surface area (Å²) in [4.78, 5) is 3.17. The van der Waals surface area contributed by atoms with Crippen molar-refractivity contribution in [1.82, 2.24) is 10.6 Å². The first-order valence-corrected chi connectivity index (χ1v) is 8.42. The highest BCUT2D eigenvalue weighted by atomic mass is 32.1. The van der Waals surface area contributed by atoms with Gasteiger partial charge in [-0.15, -0.1) is 11.3 Å². The predicted octanol–water partition coefficient (Wildman–Crippen LogP) is 3.49. The molecule has 108 valence electrons. The van der Waals surface area contributed by atoms with Crippen molar-refractivity contribution in [3.05, 3.63) is 21.4 Å². The molecule has 0 unspecified atom stereocenters. The minimum absolute atomic E-state index is 0.224. The van der Waals surface area contributed by atoms with Crippen molar-refractivity contribution in [1.29, 1.82) is 0 Å². The monoisotopic (exact) mass is 280 g/mol. The average Bonchev–Trinajstić information content (AvgIpc) is 2.57. The molecule has 3 heteroatoms. The quantitative estimate of drug-likeness (QED) is 0.637. The van der Waals surface area contributed by atoms with Gasteiger partial charge in [0.2, 0.25) is 0 Å². The van der Waals surface area contributed by atoms with Gasteiger partial charge in [-0.1, -0.05) is 6.42 Å². The minimum atomic E-state index is 0.224. The van der Waals surface area contributed by atoms with E-state index in [4.69, 9.17) is 0 Å². The van der Waals surface area contributed by atoms with Gasteiger partial charge in [0, 0.05) is 34.9 Å². The molecule has 0 spiro atoms. The molecule has 0 radical (unpaired) electrons. The number of rotatable bonds is 5. The summed E-state index contributed by atoms with van der Waals surface area (Å²) in [6.45, 7) is 9.74. The lowest BCUT2D eigenvalue weighted by molar-refractivity contribution is 0.422. The molecular weight excluding hydrogens is 252 g/mol. The molecule has 0 saturated heterocycles. The smallest absolute Gasteiger partial charge is 0.0300 e. The van der Waals surface area contributed by atoms with E-state index in [9.17, 15) is 0 Å². The lowest BCUT2D eigenvalue weighted by Gasteiger charge is -2.20. The lowest BCUT2D eigenvalue weighted by atomic mass is 10.1. The molecule has 2 N–H and O–H groups in total. The molecule has 1 aromatic rings. The van der Waals surface area contributed by atoms with Crippen LogP contribution >= 0.6 is 11.3 Å². The van der Waals surface area contributed by atoms with Gasteiger partial charge in [0.25, 0.3) is 0 Å². The van der Waals surface area contributed by atoms with Crippen LogP contribution in [0, 0.1) is 0 Å². The van der Waals surface area contributed by atoms with Crippen LogP contribution in [0.15, 0.2) is 6.07 Å². The normalized spacial score (nSPS) is 16.2. The van der Waals surface area contributed by atoms with Gasteiger partial charge in [-0.25, -0.2) is 0 Å². The first-order valence-electron chi connectivity index (χ1n) is 7.61. The Bertz CT molecular complexity index is 366. The lowest BCUT2D eigenvalue weighted by Crippen LogP contribution is -2.40. The first kappa shape index (κ1) is 15.0. The van der Waals surface area contributed by atoms with E-state index < -0.39 is 0 Å². The third-order valence-electron chi connectivity index (χ3n) is 3.55. The third-order valence-corrected chi connectivity index (χ3v) is 4.79. The molecule has 1 aromatic heterocycles. The van der Waals surface area contributed by atoms with E-state index in [-0.39, 0.29) is 5.54 Å². The van der Waals surface area contributed by atoms with Gasteiger partial charge < -0.3 is 10.6 Å². The Morgan fingerprint density at radius 1 is 1.11 bits per heavy atom. The Morgan fingerprint density at radius 2 is 1.89 bits per heavy atom. The van der Waals surface area contributed by atoms with Crippen molar-refractivity contribution in [2.45, 2.75) is 65.0 Å². The molecule has 0 amide bonds. The summed E-state index contributed by atoms with van der Waals surface area (Å²) in [5.74, 6) is 0. The third kappa shape index (κ3) is 5.25. The van der Waals surface area contributed by atoms with E-state index in [0.717, 1.165) is 19.6 Å². The fourth-order valence-corrected chi connectivity index (χ4v) is 3.78. The van der Waals surface area contributed by atoms with Crippen LogP contribution in [0.3, 0.4) is 0 Å². The molecular formula is C16H28N2S. The van der Waals surface area contributed by atoms with Crippen molar-refractivity contribution < 1.29 is 0 Å². The van der Waals surface area contributed by atoms with Crippen molar-refractivity contribution >= 4 is 11.3 Å². The van der Waals surface area contributed by atoms with E-state index in [1.54, 1.807) is 10.4 Å². The van der Waals surface area contributed by atoms with Crippen LogP contribution in [0.2, 0.25) is 0 Å². The summed E-state index contributed by atoms with van der Waals surface area (Å²) in [5.41, 5.74) is 1.86. The van der Waals surface area contributed by atoms with Gasteiger partial charge >= 0.3 is 0 Å². The largest absolute Gasteiger partial charge is 0.311 e. The zero-order chi connectivity index (χ0) is 13.7. The summed E-state index contributed by atoms with van der Waals surface area (Å²) in [6.07, 6.45) is 6.79. The van der Waals surface area contributed by atoms with Crippen LogP contribution in [-0.2, 0) is 19.4 Å². The number of fused-ring (bicyclic) bond motifs is 1. The average molecular weight is 280 g/mol. The predicted molar refractivity (Wildman–Crippen MR) is 85.0 cm³/mol. The van der Waals surface area contributed by atoms with E-state index in [2.05, 4.69) is 37.5 Å². The van der Waals surface area contributed by atoms with Crippen LogP contribution < -0.4 is 10.6 Å². The molecule has 0 atom stereocenters. The molecule has 1 aliphatic carbocycles. The van der Waals surface area contributed by atoms with Crippen molar-refractivity contribution in [3.8, 4) is 0 Å². The molecule has 19 heavy (non-hydrogen) atoms. The van der Waals surface area contributed by atoms with E-state index in [1.165, 1.54) is 37.0 Å². The Balaban J connectivity index is 1.72. The summed E-state index contributed by atoms with van der Waals surface area (Å²) in [7, 11) is 0. The maximum Gasteiger partial charge on any atom is 0.0300 e. The van der Waals surface area contributed by atoms with Crippen LogP contribution in [0.25, 0.3) is 0 Å². The van der Waals surface area contributed by atoms with E-state index in [0.29, 0.717) is 0 Å². The second kappa shape index (κ2) is 6.87. The standard InChI is InChI=1S/C16H28N2S/c1-16(2,3)18-10-9-17-12-14-11-13-7-5-4-6-8-15(13)19-14/h11,17-18H,4-10,12H2,1-3H3. The zero-order valence-electron chi connectivity index (χ0n) is 12.6. The highest BCUT2D eigenvalue weighted by Crippen LogP contribution is 2.28. The van der Waals surface area contributed by atoms with Crippen LogP contribution in [-0.4, -0.2) is 18.6 Å². The van der Waals surface area contributed by atoms with Crippen LogP contribution in [0.5, 0.6) is 0 Å². The second-order valence-corrected chi connectivity index (χ2v) is 7.80. The molecule has 0 fully saturated rings. The molecule has 2 nitrogen and oxygen atoms in total. The maximum absolute atomic E-state index is 3.55. The molecule has 0 bridgehead atoms. The number of hydrogen-bond donors (Lipinski definition) is 2. The van der Waals surface area contributed by atoms with Crippen LogP contribution in [0.4, 0.5) is 0 Å². The van der Waals surface area contributed by atoms with Gasteiger partial charge in [0.05, 0.1) is 0 Å². The Kier molecular flexibility index (Phi) is 5.43. The topological polar surface area (TPSA) is 24.1 Å². The molecule has 0 aromatic carbocycles. The van der Waals surface area contributed by atoms with Gasteiger partial charge in [-0.2, -0.15) is 0 Å². The Labute approximate surface area is 122 Å². The summed E-state index contributed by atoms with van der Waals surface area (Å²) >= 11 is 2.03. The molecule has 2 rings (SSSR count). The summed E-state index contributed by atoms with van der Waals surface area (Å²) in [5, 5.41) is 7.05. The summed E-state index contributed by atoms with van der Waals surface area (Å²) in [6, 6.07) is 2.44. The summed E-state index contributed by atoms with van der Waals surface area (Å²) < 4.78 is 0. The number of nitrogens with one attached hydrogen (secondary N) is 2. The zero-order valence-corrected chi connectivity index (χ0v) is 13.5. The minimum Gasteiger partial charge on any atom is -0.311 e. The van der Waals surface area contributed by atoms with Crippen molar-refractivity contribution in [2.75, 3.05) is 13.1 Å². The van der Waals surface area contributed by atoms with E-state index >= 15 is 0 Å². The maximum atomic E-state index is 3.55. The molecule has 0 saturated carbocycles. The van der Waals surface area contributed by atoms with Crippen molar-refractivity contribution in [3.63, 3.8) is 0 Å². The number of thiophene rings is 1. The number of hydrogen-bond acceptors (Lipinski definition) is 3. The first-order chi connectivity index (χ1) is 9.04. The van der Waals surface area contributed by atoms with Crippen molar-refractivity contribution in [2.24, 2.45) is 0 Å². The molecule has 0 aliphatic heterocycles. The van der Waals surface area contributed by atoms with Crippen LogP contribution in [0.1, 0.15) is 55.4 Å². The SMILES string of the molecule is CC(C)(C)NCCNCc1cc2c(s1)CCCCC2. The number of aryl methyl sites for hydroxylation is 2. The fourth-order valence-electron chi connectivity index (χ4n) is 2.55. The Morgan fingerprint density at radius 3 is 2.68 bits per heavy atom. The molecule has 1 heterocycles. The highest BCUT2D eigenvalue weighted by molar-refractivity contribution is 7.12. The highest BCUT2D eigenvalue weighted by Gasteiger charge is 2.12. The molecule has 1 aliphatic rings. The second-order valence-electron chi connectivity index (χ2n) is 6.58. The van der Waals surface area contributed by atoms with Gasteiger partial charge in [-0.05, 0) is 58.1 Å². The Hall–Kier alpha value is -0.380. The van der Waals surface area contributed by atoms with Gasteiger partial charge in [0.1, 0.15) is 0 Å².